The molecule has 188 valence electrons. The molecule has 1 heterocycles. The molecule has 5 rings (SSSR count). The van der Waals surface area contributed by atoms with E-state index in [-0.39, 0.29) is 11.8 Å². The van der Waals surface area contributed by atoms with E-state index in [0.717, 1.165) is 48.2 Å². The highest BCUT2D eigenvalue weighted by Gasteiger charge is 2.26. The second kappa shape index (κ2) is 10.7. The van der Waals surface area contributed by atoms with Crippen molar-refractivity contribution in [1.29, 1.82) is 0 Å². The number of benzene rings is 3. The number of hydrogen-bond donors (Lipinski definition) is 1. The highest BCUT2D eigenvalue weighted by molar-refractivity contribution is 5.93. The van der Waals surface area contributed by atoms with Gasteiger partial charge in [-0.25, -0.2) is 0 Å². The van der Waals surface area contributed by atoms with Gasteiger partial charge in [-0.1, -0.05) is 55.3 Å². The highest BCUT2D eigenvalue weighted by atomic mass is 16.5. The van der Waals surface area contributed by atoms with Gasteiger partial charge >= 0.3 is 5.97 Å². The van der Waals surface area contributed by atoms with Crippen LogP contribution in [0.15, 0.2) is 78.9 Å². The van der Waals surface area contributed by atoms with E-state index in [0.29, 0.717) is 22.9 Å². The van der Waals surface area contributed by atoms with Gasteiger partial charge in [-0.3, -0.25) is 9.59 Å². The number of methoxy groups -OCH3 is 1. The number of anilines is 1. The third-order valence-corrected chi connectivity index (χ3v) is 6.59. The molecule has 3 aromatic carbocycles. The predicted octanol–water partition coefficient (Wildman–Crippen LogP) is 6.27. The van der Waals surface area contributed by atoms with Crippen LogP contribution in [0.3, 0.4) is 0 Å². The summed E-state index contributed by atoms with van der Waals surface area (Å²) in [5.41, 5.74) is 4.41. The van der Waals surface area contributed by atoms with Crippen LogP contribution in [0.5, 0.6) is 11.6 Å². The number of nitrogens with zero attached hydrogens (tertiary/aromatic N) is 2. The van der Waals surface area contributed by atoms with Crippen LogP contribution in [0, 0.1) is 5.92 Å². The van der Waals surface area contributed by atoms with Crippen LogP contribution >= 0.6 is 0 Å². The maximum atomic E-state index is 12.6. The number of carbonyl (C=O) groups is 2. The number of para-hydroxylation sites is 1. The van der Waals surface area contributed by atoms with Crippen LogP contribution in [-0.2, 0) is 9.59 Å². The van der Waals surface area contributed by atoms with E-state index in [9.17, 15) is 9.59 Å². The monoisotopic (exact) mass is 495 g/mol. The zero-order valence-electron chi connectivity index (χ0n) is 20.9. The summed E-state index contributed by atoms with van der Waals surface area (Å²) in [6.07, 6.45) is 4.10. The molecular formula is C30H29N3O4. The predicted molar refractivity (Wildman–Crippen MR) is 143 cm³/mol. The molecule has 1 N–H and O–H groups in total. The zero-order valence-corrected chi connectivity index (χ0v) is 20.9. The number of hydrogen-bond acceptors (Lipinski definition) is 5. The van der Waals surface area contributed by atoms with Crippen molar-refractivity contribution < 1.29 is 19.1 Å². The lowest BCUT2D eigenvalue weighted by atomic mass is 10.0. The maximum Gasteiger partial charge on any atom is 0.309 e. The summed E-state index contributed by atoms with van der Waals surface area (Å²) in [4.78, 5) is 24.8. The third-order valence-electron chi connectivity index (χ3n) is 6.59. The standard InChI is InChI=1S/C30H29N3O4/c1-20(34)37-30-27(21-15-17-24(18-16-21)31-29(35)22-9-6-7-10-22)28(23-11-8-14-26(19-23)36-2)32-33(30)25-12-4-3-5-13-25/h3-5,8,11-19,22H,6-7,9-10H2,1-2H3,(H,31,35). The van der Waals surface area contributed by atoms with E-state index in [1.54, 1.807) is 11.8 Å². The molecule has 0 bridgehead atoms. The van der Waals surface area contributed by atoms with Crippen LogP contribution in [-0.4, -0.2) is 28.8 Å². The Bertz CT molecular complexity index is 1400. The van der Waals surface area contributed by atoms with E-state index >= 15 is 0 Å². The number of aromatic nitrogens is 2. The van der Waals surface area contributed by atoms with Crippen molar-refractivity contribution in [2.24, 2.45) is 5.92 Å². The van der Waals surface area contributed by atoms with E-state index in [1.165, 1.54) is 6.92 Å². The molecule has 37 heavy (non-hydrogen) atoms. The molecule has 1 saturated carbocycles. The van der Waals surface area contributed by atoms with Gasteiger partial charge in [-0.05, 0) is 54.8 Å². The number of esters is 1. The minimum atomic E-state index is -0.448. The van der Waals surface area contributed by atoms with Gasteiger partial charge in [-0.15, -0.1) is 0 Å². The van der Waals surface area contributed by atoms with Gasteiger partial charge in [0.25, 0.3) is 0 Å². The molecule has 1 amide bonds. The van der Waals surface area contributed by atoms with Gasteiger partial charge in [-0.2, -0.15) is 9.78 Å². The minimum absolute atomic E-state index is 0.0693. The first-order chi connectivity index (χ1) is 18.0. The Morgan fingerprint density at radius 3 is 2.32 bits per heavy atom. The number of rotatable bonds is 7. The number of carbonyl (C=O) groups excluding carboxylic acids is 2. The van der Waals surface area contributed by atoms with Crippen molar-refractivity contribution in [1.82, 2.24) is 9.78 Å². The summed E-state index contributed by atoms with van der Waals surface area (Å²) in [6, 6.07) is 24.7. The van der Waals surface area contributed by atoms with Crippen molar-refractivity contribution in [3.63, 3.8) is 0 Å². The van der Waals surface area contributed by atoms with Crippen LogP contribution in [0.4, 0.5) is 5.69 Å². The van der Waals surface area contributed by atoms with Gasteiger partial charge in [0.2, 0.25) is 11.8 Å². The van der Waals surface area contributed by atoms with Crippen molar-refractivity contribution in [3.05, 3.63) is 78.9 Å². The lowest BCUT2D eigenvalue weighted by Gasteiger charge is -2.12. The van der Waals surface area contributed by atoms with Crippen molar-refractivity contribution in [3.8, 4) is 39.7 Å². The summed E-state index contributed by atoms with van der Waals surface area (Å²) in [5, 5.41) is 7.93. The summed E-state index contributed by atoms with van der Waals surface area (Å²) >= 11 is 0. The van der Waals surface area contributed by atoms with Crippen LogP contribution < -0.4 is 14.8 Å². The molecule has 4 aromatic rings. The van der Waals surface area contributed by atoms with Crippen molar-refractivity contribution in [2.75, 3.05) is 12.4 Å². The normalized spacial score (nSPS) is 13.4. The van der Waals surface area contributed by atoms with Gasteiger partial charge in [0, 0.05) is 24.1 Å². The molecule has 1 aliphatic rings. The van der Waals surface area contributed by atoms with E-state index in [4.69, 9.17) is 14.6 Å². The summed E-state index contributed by atoms with van der Waals surface area (Å²) in [6.45, 7) is 1.37. The highest BCUT2D eigenvalue weighted by Crippen LogP contribution is 2.42. The Balaban J connectivity index is 1.61. The molecule has 0 aliphatic heterocycles. The minimum Gasteiger partial charge on any atom is -0.497 e. The second-order valence-corrected chi connectivity index (χ2v) is 9.15. The van der Waals surface area contributed by atoms with Crippen molar-refractivity contribution in [2.45, 2.75) is 32.6 Å². The maximum absolute atomic E-state index is 12.6. The number of ether oxygens (including phenoxy) is 2. The first-order valence-corrected chi connectivity index (χ1v) is 12.5. The van der Waals surface area contributed by atoms with Gasteiger partial charge in [0.05, 0.1) is 18.4 Å². The Morgan fingerprint density at radius 1 is 0.919 bits per heavy atom. The quantitative estimate of drug-likeness (QED) is 0.306. The fraction of sp³-hybridized carbons (Fsp3) is 0.233. The molecule has 0 saturated heterocycles. The summed E-state index contributed by atoms with van der Waals surface area (Å²) in [5.74, 6) is 0.714. The summed E-state index contributed by atoms with van der Waals surface area (Å²) in [7, 11) is 1.62. The smallest absolute Gasteiger partial charge is 0.309 e. The van der Waals surface area contributed by atoms with E-state index < -0.39 is 5.97 Å². The molecule has 7 nitrogen and oxygen atoms in total. The average Bonchev–Trinajstić information content (AvgIpc) is 3.59. The number of nitrogens with one attached hydrogen (secondary N) is 1. The SMILES string of the molecule is COc1cccc(-c2nn(-c3ccccc3)c(OC(C)=O)c2-c2ccc(NC(=O)C3CCCC3)cc2)c1. The largest absolute Gasteiger partial charge is 0.497 e. The molecule has 0 unspecified atom stereocenters. The molecule has 1 aliphatic carbocycles. The molecule has 1 fully saturated rings. The topological polar surface area (TPSA) is 82.4 Å². The number of amides is 1. The van der Waals surface area contributed by atoms with Crippen LogP contribution in [0.1, 0.15) is 32.6 Å². The molecule has 0 spiro atoms. The van der Waals surface area contributed by atoms with Crippen molar-refractivity contribution >= 4 is 17.6 Å². The lowest BCUT2D eigenvalue weighted by molar-refractivity contribution is -0.132. The molecular weight excluding hydrogens is 466 g/mol. The molecule has 0 atom stereocenters. The van der Waals surface area contributed by atoms with Crippen LogP contribution in [0.25, 0.3) is 28.1 Å². The molecule has 7 heteroatoms. The van der Waals surface area contributed by atoms with Crippen LogP contribution in [0.2, 0.25) is 0 Å². The van der Waals surface area contributed by atoms with Gasteiger partial charge in [0.15, 0.2) is 0 Å². The molecule has 1 aromatic heterocycles. The Labute approximate surface area is 216 Å². The van der Waals surface area contributed by atoms with E-state index in [2.05, 4.69) is 5.32 Å². The van der Waals surface area contributed by atoms with Gasteiger partial charge in [0.1, 0.15) is 11.4 Å². The Kier molecular flexibility index (Phi) is 7.03. The average molecular weight is 496 g/mol. The molecule has 0 radical (unpaired) electrons. The second-order valence-electron chi connectivity index (χ2n) is 9.15. The Hall–Kier alpha value is -4.39. The zero-order chi connectivity index (χ0) is 25.8. The first kappa shape index (κ1) is 24.3. The fourth-order valence-electron chi connectivity index (χ4n) is 4.76. The van der Waals surface area contributed by atoms with Gasteiger partial charge < -0.3 is 14.8 Å². The summed E-state index contributed by atoms with van der Waals surface area (Å²) < 4.78 is 12.8. The fourth-order valence-corrected chi connectivity index (χ4v) is 4.76. The Morgan fingerprint density at radius 2 is 1.65 bits per heavy atom. The third kappa shape index (κ3) is 5.26. The first-order valence-electron chi connectivity index (χ1n) is 12.5. The van der Waals surface area contributed by atoms with E-state index in [1.807, 2.05) is 78.9 Å². The lowest BCUT2D eigenvalue weighted by Crippen LogP contribution is -2.20.